The number of halogens is 1. The maximum absolute atomic E-state index is 13.1. The highest BCUT2D eigenvalue weighted by atomic mass is 19.1. The van der Waals surface area contributed by atoms with Crippen LogP contribution in [0.2, 0.25) is 0 Å². The Balaban J connectivity index is 2.63. The van der Waals surface area contributed by atoms with Gasteiger partial charge in [-0.25, -0.2) is 4.39 Å². The third-order valence-corrected chi connectivity index (χ3v) is 1.91. The molecule has 1 nitrogen and oxygen atoms in total. The summed E-state index contributed by atoms with van der Waals surface area (Å²) in [6, 6.07) is 6.68. The highest BCUT2D eigenvalue weighted by molar-refractivity contribution is 5.18. The Labute approximate surface area is 78.1 Å². The Bertz CT molecular complexity index is 283. The van der Waals surface area contributed by atoms with Crippen molar-refractivity contribution < 1.29 is 4.39 Å². The van der Waals surface area contributed by atoms with Crippen molar-refractivity contribution in [1.82, 2.24) is 0 Å². The zero-order valence-corrected chi connectivity index (χ0v) is 7.54. The predicted octanol–water partition coefficient (Wildman–Crippen LogP) is 2.27. The fraction of sp³-hybridized carbons (Fsp3) is 0.273. The lowest BCUT2D eigenvalue weighted by molar-refractivity contribution is 0.587. The van der Waals surface area contributed by atoms with Crippen molar-refractivity contribution in [1.29, 1.82) is 0 Å². The normalized spacial score (nSPS) is 12.5. The van der Waals surface area contributed by atoms with Crippen molar-refractivity contribution in [2.45, 2.75) is 18.9 Å². The van der Waals surface area contributed by atoms with Gasteiger partial charge in [0.2, 0.25) is 0 Å². The van der Waals surface area contributed by atoms with Crippen LogP contribution in [0.25, 0.3) is 0 Å². The van der Waals surface area contributed by atoms with E-state index in [1.54, 1.807) is 18.2 Å². The topological polar surface area (TPSA) is 26.0 Å². The van der Waals surface area contributed by atoms with E-state index < -0.39 is 0 Å². The van der Waals surface area contributed by atoms with E-state index in [0.717, 1.165) is 0 Å². The van der Waals surface area contributed by atoms with Crippen LogP contribution in [0.4, 0.5) is 4.39 Å². The third kappa shape index (κ3) is 2.99. The molecule has 0 spiro atoms. The molecule has 2 heteroatoms. The van der Waals surface area contributed by atoms with Crippen LogP contribution in [0.3, 0.4) is 0 Å². The molecule has 0 bridgehead atoms. The van der Waals surface area contributed by atoms with Crippen molar-refractivity contribution in [3.05, 3.63) is 48.3 Å². The largest absolute Gasteiger partial charge is 0.327 e. The summed E-state index contributed by atoms with van der Waals surface area (Å²) < 4.78 is 13.1. The summed E-state index contributed by atoms with van der Waals surface area (Å²) >= 11 is 0. The zero-order valence-electron chi connectivity index (χ0n) is 7.54. The Morgan fingerprint density at radius 1 is 1.46 bits per heavy atom. The molecular formula is C11H14FN. The van der Waals surface area contributed by atoms with Gasteiger partial charge >= 0.3 is 0 Å². The highest BCUT2D eigenvalue weighted by Gasteiger charge is 2.05. The summed E-state index contributed by atoms with van der Waals surface area (Å²) in [5.41, 5.74) is 6.42. The first-order chi connectivity index (χ1) is 6.24. The van der Waals surface area contributed by atoms with Crippen LogP contribution in [0.5, 0.6) is 0 Å². The monoisotopic (exact) mass is 179 g/mol. The Hall–Kier alpha value is -1.15. The molecular weight excluding hydrogens is 165 g/mol. The Morgan fingerprint density at radius 2 is 2.15 bits per heavy atom. The molecule has 1 rings (SSSR count). The molecule has 70 valence electrons. The summed E-state index contributed by atoms with van der Waals surface area (Å²) in [4.78, 5) is 0. The number of hydrogen-bond donors (Lipinski definition) is 1. The van der Waals surface area contributed by atoms with Gasteiger partial charge in [0.25, 0.3) is 0 Å². The molecule has 0 aliphatic heterocycles. The van der Waals surface area contributed by atoms with Crippen LogP contribution in [0.15, 0.2) is 36.9 Å². The van der Waals surface area contributed by atoms with E-state index in [9.17, 15) is 4.39 Å². The quantitative estimate of drug-likeness (QED) is 0.705. The molecule has 1 atom stereocenters. The summed E-state index contributed by atoms with van der Waals surface area (Å²) in [5.74, 6) is -0.179. The lowest BCUT2D eigenvalue weighted by atomic mass is 10.0. The van der Waals surface area contributed by atoms with Gasteiger partial charge in [-0.3, -0.25) is 0 Å². The zero-order chi connectivity index (χ0) is 9.68. The molecule has 0 amide bonds. The van der Waals surface area contributed by atoms with Gasteiger partial charge in [0.05, 0.1) is 0 Å². The van der Waals surface area contributed by atoms with Crippen LogP contribution < -0.4 is 5.73 Å². The summed E-state index contributed by atoms with van der Waals surface area (Å²) in [6.07, 6.45) is 3.04. The van der Waals surface area contributed by atoms with Crippen LogP contribution in [0.1, 0.15) is 12.0 Å². The molecule has 1 aromatic rings. The molecule has 2 N–H and O–H groups in total. The number of benzene rings is 1. The van der Waals surface area contributed by atoms with E-state index in [-0.39, 0.29) is 11.9 Å². The first-order valence-electron chi connectivity index (χ1n) is 4.34. The molecule has 1 aromatic carbocycles. The van der Waals surface area contributed by atoms with Crippen molar-refractivity contribution in [2.75, 3.05) is 0 Å². The van der Waals surface area contributed by atoms with Gasteiger partial charge in [0, 0.05) is 6.04 Å². The lowest BCUT2D eigenvalue weighted by Crippen LogP contribution is -2.22. The molecule has 0 saturated carbocycles. The van der Waals surface area contributed by atoms with Crippen molar-refractivity contribution in [3.63, 3.8) is 0 Å². The van der Waals surface area contributed by atoms with Gasteiger partial charge in [-0.15, -0.1) is 6.58 Å². The van der Waals surface area contributed by atoms with Gasteiger partial charge in [0.15, 0.2) is 0 Å². The van der Waals surface area contributed by atoms with E-state index in [4.69, 9.17) is 5.73 Å². The summed E-state index contributed by atoms with van der Waals surface area (Å²) in [7, 11) is 0. The van der Waals surface area contributed by atoms with Crippen LogP contribution in [0, 0.1) is 5.82 Å². The summed E-state index contributed by atoms with van der Waals surface area (Å²) in [6.45, 7) is 3.59. The lowest BCUT2D eigenvalue weighted by Gasteiger charge is -2.09. The minimum atomic E-state index is -0.179. The molecule has 0 aromatic heterocycles. The first-order valence-corrected chi connectivity index (χ1v) is 4.34. The maximum atomic E-state index is 13.1. The first kappa shape index (κ1) is 9.93. The summed E-state index contributed by atoms with van der Waals surface area (Å²) in [5, 5.41) is 0. The molecule has 0 saturated heterocycles. The molecule has 0 fully saturated rings. The third-order valence-electron chi connectivity index (χ3n) is 1.91. The number of rotatable bonds is 4. The number of nitrogens with two attached hydrogens (primary N) is 1. The fourth-order valence-electron chi connectivity index (χ4n) is 1.24. The molecule has 1 unspecified atom stereocenters. The fourth-order valence-corrected chi connectivity index (χ4v) is 1.24. The van der Waals surface area contributed by atoms with E-state index in [1.807, 2.05) is 6.07 Å². The smallest absolute Gasteiger partial charge is 0.126 e. The molecule has 0 aliphatic carbocycles. The van der Waals surface area contributed by atoms with Crippen LogP contribution >= 0.6 is 0 Å². The van der Waals surface area contributed by atoms with Gasteiger partial charge in [-0.1, -0.05) is 24.3 Å². The average molecular weight is 179 g/mol. The maximum Gasteiger partial charge on any atom is 0.126 e. The van der Waals surface area contributed by atoms with E-state index in [1.165, 1.54) is 6.07 Å². The van der Waals surface area contributed by atoms with E-state index in [2.05, 4.69) is 6.58 Å². The van der Waals surface area contributed by atoms with E-state index in [0.29, 0.717) is 18.4 Å². The SMILES string of the molecule is C=CCC(N)Cc1ccccc1F. The van der Waals surface area contributed by atoms with Crippen LogP contribution in [-0.4, -0.2) is 6.04 Å². The van der Waals surface area contributed by atoms with Gasteiger partial charge in [0.1, 0.15) is 5.82 Å². The highest BCUT2D eigenvalue weighted by Crippen LogP contribution is 2.09. The minimum absolute atomic E-state index is 0.0330. The second-order valence-corrected chi connectivity index (χ2v) is 3.08. The Kier molecular flexibility index (Phi) is 3.65. The van der Waals surface area contributed by atoms with Gasteiger partial charge in [-0.2, -0.15) is 0 Å². The number of hydrogen-bond acceptors (Lipinski definition) is 1. The minimum Gasteiger partial charge on any atom is -0.327 e. The van der Waals surface area contributed by atoms with Crippen molar-refractivity contribution >= 4 is 0 Å². The predicted molar refractivity (Wildman–Crippen MR) is 52.9 cm³/mol. The van der Waals surface area contributed by atoms with Gasteiger partial charge in [-0.05, 0) is 24.5 Å². The molecule has 13 heavy (non-hydrogen) atoms. The van der Waals surface area contributed by atoms with Crippen LogP contribution in [-0.2, 0) is 6.42 Å². The Morgan fingerprint density at radius 3 is 2.77 bits per heavy atom. The van der Waals surface area contributed by atoms with Crippen molar-refractivity contribution in [2.24, 2.45) is 5.73 Å². The molecule has 0 aliphatic rings. The van der Waals surface area contributed by atoms with Crippen molar-refractivity contribution in [3.8, 4) is 0 Å². The molecule has 0 heterocycles. The second kappa shape index (κ2) is 4.77. The molecule has 0 radical (unpaired) electrons. The standard InChI is InChI=1S/C11H14FN/c1-2-5-10(13)8-9-6-3-4-7-11(9)12/h2-4,6-7,10H,1,5,8,13H2. The van der Waals surface area contributed by atoms with Gasteiger partial charge < -0.3 is 5.73 Å². The second-order valence-electron chi connectivity index (χ2n) is 3.08. The average Bonchev–Trinajstić information content (AvgIpc) is 2.09. The van der Waals surface area contributed by atoms with E-state index >= 15 is 0 Å².